The molecule has 0 bridgehead atoms. The van der Waals surface area contributed by atoms with Gasteiger partial charge in [-0.05, 0) is 6.07 Å². The fourth-order valence-corrected chi connectivity index (χ4v) is 2.98. The molecule has 0 spiro atoms. The van der Waals surface area contributed by atoms with E-state index in [1.807, 2.05) is 4.72 Å². The molecule has 0 radical (unpaired) electrons. The molecule has 0 atom stereocenters. The largest absolute Gasteiger partial charge is 0.488 e. The van der Waals surface area contributed by atoms with Crippen molar-refractivity contribution in [2.75, 3.05) is 11.0 Å². The summed E-state index contributed by atoms with van der Waals surface area (Å²) in [6, 6.07) is 3.99. The molecule has 1 N–H and O–H groups in total. The first-order chi connectivity index (χ1) is 14.4. The molecule has 16 heteroatoms. The maximum absolute atomic E-state index is 14.4. The van der Waals surface area contributed by atoms with Gasteiger partial charge in [0, 0.05) is 18.2 Å². The number of nitrogens with zero attached hydrogens (tertiary/aromatic N) is 4. The zero-order valence-electron chi connectivity index (χ0n) is 15.4. The van der Waals surface area contributed by atoms with Gasteiger partial charge in [0.15, 0.2) is 5.75 Å². The minimum atomic E-state index is -5.22. The Morgan fingerprint density at radius 3 is 2.32 bits per heavy atom. The van der Waals surface area contributed by atoms with Gasteiger partial charge in [-0.1, -0.05) is 3.89 Å². The molecular formula is C15H12F3N5O6S2. The standard InChI is InChI=1S/C15H12F3N5O6S2/c1-30(24,25)22-15-20-8-23(21-15)9-4-12(16)11(13(17)5-9)7-28-14-3-2-10(6-19-14)29-31(18,26)27/h2-6,8H,7H2,1H3,(H,21,22). The molecule has 11 nitrogen and oxygen atoms in total. The maximum atomic E-state index is 14.4. The Bertz CT molecular complexity index is 1290. The van der Waals surface area contributed by atoms with E-state index in [1.54, 1.807) is 0 Å². The van der Waals surface area contributed by atoms with Crippen LogP contribution in [0, 0.1) is 11.6 Å². The van der Waals surface area contributed by atoms with Gasteiger partial charge in [-0.2, -0.15) is 13.4 Å². The zero-order valence-corrected chi connectivity index (χ0v) is 17.0. The average molecular weight is 479 g/mol. The molecule has 0 saturated heterocycles. The third-order valence-electron chi connectivity index (χ3n) is 3.43. The molecule has 3 aromatic rings. The Morgan fingerprint density at radius 1 is 1.10 bits per heavy atom. The molecule has 2 heterocycles. The van der Waals surface area contributed by atoms with Crippen LogP contribution in [0.1, 0.15) is 5.56 Å². The highest BCUT2D eigenvalue weighted by molar-refractivity contribution is 7.92. The van der Waals surface area contributed by atoms with Crippen LogP contribution in [0.2, 0.25) is 0 Å². The van der Waals surface area contributed by atoms with Gasteiger partial charge in [-0.15, -0.1) is 5.10 Å². The summed E-state index contributed by atoms with van der Waals surface area (Å²) in [4.78, 5) is 7.31. The predicted molar refractivity (Wildman–Crippen MR) is 99.0 cm³/mol. The van der Waals surface area contributed by atoms with E-state index < -0.39 is 50.1 Å². The molecule has 0 aliphatic heterocycles. The van der Waals surface area contributed by atoms with Crippen LogP contribution in [-0.4, -0.2) is 42.8 Å². The molecule has 0 unspecified atom stereocenters. The number of ether oxygens (including phenoxy) is 1. The SMILES string of the molecule is CS(=O)(=O)Nc1ncn(-c2cc(F)c(COc3ccc(OS(=O)(=O)F)cn3)c(F)c2)n1. The number of pyridine rings is 1. The van der Waals surface area contributed by atoms with Crippen molar-refractivity contribution in [2.45, 2.75) is 6.61 Å². The molecule has 3 rings (SSSR count). The van der Waals surface area contributed by atoms with Crippen molar-refractivity contribution < 1.29 is 38.4 Å². The highest BCUT2D eigenvalue weighted by Gasteiger charge is 2.16. The second-order valence-electron chi connectivity index (χ2n) is 5.87. The van der Waals surface area contributed by atoms with Crippen LogP contribution >= 0.6 is 0 Å². The summed E-state index contributed by atoms with van der Waals surface area (Å²) in [6.45, 7) is -0.579. The normalized spacial score (nSPS) is 11.9. The minimum absolute atomic E-state index is 0.0696. The quantitative estimate of drug-likeness (QED) is 0.475. The molecule has 2 aromatic heterocycles. The number of hydrogen-bond acceptors (Lipinski definition) is 9. The third-order valence-corrected chi connectivity index (χ3v) is 4.37. The second kappa shape index (κ2) is 8.38. The number of nitrogens with one attached hydrogen (secondary N) is 1. The maximum Gasteiger partial charge on any atom is 0.488 e. The molecule has 0 aliphatic rings. The summed E-state index contributed by atoms with van der Waals surface area (Å²) in [7, 11) is -8.85. The van der Waals surface area contributed by atoms with E-state index in [-0.39, 0.29) is 17.5 Å². The van der Waals surface area contributed by atoms with Crippen LogP contribution in [0.25, 0.3) is 5.69 Å². The zero-order chi connectivity index (χ0) is 22.8. The second-order valence-corrected chi connectivity index (χ2v) is 8.57. The van der Waals surface area contributed by atoms with Crippen molar-refractivity contribution in [2.24, 2.45) is 0 Å². The Labute approximate surface area is 173 Å². The van der Waals surface area contributed by atoms with Crippen molar-refractivity contribution in [3.8, 4) is 17.3 Å². The number of sulfonamides is 1. The van der Waals surface area contributed by atoms with E-state index in [4.69, 9.17) is 4.74 Å². The molecule has 31 heavy (non-hydrogen) atoms. The lowest BCUT2D eigenvalue weighted by atomic mass is 10.2. The molecule has 0 fully saturated rings. The smallest absolute Gasteiger partial charge is 0.473 e. The van der Waals surface area contributed by atoms with Crippen molar-refractivity contribution >= 4 is 26.5 Å². The Kier molecular flexibility index (Phi) is 6.03. The van der Waals surface area contributed by atoms with Crippen LogP contribution in [0.5, 0.6) is 11.6 Å². The molecule has 1 aromatic carbocycles. The van der Waals surface area contributed by atoms with E-state index in [9.17, 15) is 29.5 Å². The van der Waals surface area contributed by atoms with Gasteiger partial charge < -0.3 is 8.92 Å². The number of rotatable bonds is 8. The van der Waals surface area contributed by atoms with Crippen LogP contribution in [-0.2, 0) is 27.1 Å². The molecule has 0 saturated carbocycles. The lowest BCUT2D eigenvalue weighted by molar-refractivity contribution is 0.281. The van der Waals surface area contributed by atoms with Gasteiger partial charge >= 0.3 is 10.5 Å². The lowest BCUT2D eigenvalue weighted by Crippen LogP contribution is -2.11. The summed E-state index contributed by atoms with van der Waals surface area (Å²) in [5.74, 6) is -2.83. The summed E-state index contributed by atoms with van der Waals surface area (Å²) in [5, 5.41) is 3.76. The molecule has 0 aliphatic carbocycles. The van der Waals surface area contributed by atoms with E-state index in [2.05, 4.69) is 19.2 Å². The van der Waals surface area contributed by atoms with E-state index in [0.29, 0.717) is 0 Å². The van der Waals surface area contributed by atoms with Gasteiger partial charge in [0.2, 0.25) is 15.9 Å². The first kappa shape index (κ1) is 22.3. The van der Waals surface area contributed by atoms with E-state index in [1.165, 1.54) is 0 Å². The first-order valence-corrected chi connectivity index (χ1v) is 11.2. The van der Waals surface area contributed by atoms with Crippen LogP contribution < -0.4 is 13.6 Å². The minimum Gasteiger partial charge on any atom is -0.473 e. The molecule has 0 amide bonds. The van der Waals surface area contributed by atoms with E-state index >= 15 is 0 Å². The topological polar surface area (TPSA) is 142 Å². The Morgan fingerprint density at radius 2 is 1.77 bits per heavy atom. The summed E-state index contributed by atoms with van der Waals surface area (Å²) in [6.07, 6.45) is 2.79. The van der Waals surface area contributed by atoms with Gasteiger partial charge in [0.1, 0.15) is 24.6 Å². The van der Waals surface area contributed by atoms with Crippen molar-refractivity contribution in [1.29, 1.82) is 0 Å². The predicted octanol–water partition coefficient (Wildman–Crippen LogP) is 1.48. The Hall–Kier alpha value is -3.40. The van der Waals surface area contributed by atoms with Gasteiger partial charge in [-0.3, -0.25) is 4.72 Å². The fraction of sp³-hybridized carbons (Fsp3) is 0.133. The fourth-order valence-electron chi connectivity index (χ4n) is 2.22. The van der Waals surface area contributed by atoms with Gasteiger partial charge in [-0.25, -0.2) is 26.9 Å². The number of hydrogen-bond donors (Lipinski definition) is 1. The van der Waals surface area contributed by atoms with Gasteiger partial charge in [0.05, 0.1) is 23.7 Å². The summed E-state index contributed by atoms with van der Waals surface area (Å²) >= 11 is 0. The monoisotopic (exact) mass is 479 g/mol. The third kappa shape index (κ3) is 6.29. The van der Waals surface area contributed by atoms with Crippen LogP contribution in [0.15, 0.2) is 36.8 Å². The van der Waals surface area contributed by atoms with Gasteiger partial charge in [0.25, 0.3) is 5.95 Å². The van der Waals surface area contributed by atoms with Crippen LogP contribution in [0.3, 0.4) is 0 Å². The number of aromatic nitrogens is 4. The molecular weight excluding hydrogens is 467 g/mol. The van der Waals surface area contributed by atoms with Crippen LogP contribution in [0.4, 0.5) is 18.6 Å². The lowest BCUT2D eigenvalue weighted by Gasteiger charge is -2.10. The Balaban J connectivity index is 1.72. The van der Waals surface area contributed by atoms with Crippen molar-refractivity contribution in [1.82, 2.24) is 19.7 Å². The summed E-state index contributed by atoms with van der Waals surface area (Å²) in [5.41, 5.74) is -0.522. The van der Waals surface area contributed by atoms with Crippen molar-refractivity contribution in [3.63, 3.8) is 0 Å². The number of anilines is 1. The first-order valence-electron chi connectivity index (χ1n) is 8.00. The highest BCUT2D eigenvalue weighted by Crippen LogP contribution is 2.21. The average Bonchev–Trinajstić information content (AvgIpc) is 3.07. The molecule has 166 valence electrons. The highest BCUT2D eigenvalue weighted by atomic mass is 32.3. The van der Waals surface area contributed by atoms with Crippen molar-refractivity contribution in [3.05, 3.63) is 54.0 Å². The number of benzene rings is 1. The summed E-state index contributed by atoms with van der Waals surface area (Å²) < 4.78 is 96.4. The van der Waals surface area contributed by atoms with E-state index in [0.717, 1.165) is 47.7 Å². The number of halogens is 3.